The van der Waals surface area contributed by atoms with E-state index in [1.54, 1.807) is 19.1 Å². The Morgan fingerprint density at radius 1 is 1.12 bits per heavy atom. The lowest BCUT2D eigenvalue weighted by Gasteiger charge is -2.20. The summed E-state index contributed by atoms with van der Waals surface area (Å²) in [5.74, 6) is 0.0251. The third kappa shape index (κ3) is 4.08. The van der Waals surface area contributed by atoms with Gasteiger partial charge < -0.3 is 10.4 Å². The summed E-state index contributed by atoms with van der Waals surface area (Å²) in [6.45, 7) is 2.26. The molecule has 132 valence electrons. The second-order valence-electron chi connectivity index (χ2n) is 5.92. The number of hydrogen-bond acceptors (Lipinski definition) is 5. The van der Waals surface area contributed by atoms with Crippen molar-refractivity contribution in [3.8, 4) is 0 Å². The van der Waals surface area contributed by atoms with Gasteiger partial charge in [-0.3, -0.25) is 0 Å². The second kappa shape index (κ2) is 7.52. The third-order valence-electron chi connectivity index (χ3n) is 3.91. The monoisotopic (exact) mass is 347 g/mol. The first-order valence-corrected chi connectivity index (χ1v) is 8.02. The van der Waals surface area contributed by atoms with Crippen LogP contribution >= 0.6 is 0 Å². The molecule has 8 heteroatoms. The van der Waals surface area contributed by atoms with E-state index in [1.807, 2.05) is 30.3 Å². The van der Waals surface area contributed by atoms with E-state index in [4.69, 9.17) is 0 Å². The molecule has 0 saturated carbocycles. The number of nitrogens with zero attached hydrogens (tertiary/aromatic N) is 4. The second-order valence-corrected chi connectivity index (χ2v) is 5.92. The quantitative estimate of drug-likeness (QED) is 0.687. The molecular weight excluding hydrogens is 328 g/mol. The molecule has 0 saturated heterocycles. The number of hydrogen-bond donors (Lipinski definition) is 2. The van der Waals surface area contributed by atoms with E-state index in [0.717, 1.165) is 10.1 Å². The zero-order valence-corrected chi connectivity index (χ0v) is 13.7. The Hall–Kier alpha value is -2.61. The number of rotatable bonds is 7. The Morgan fingerprint density at radius 2 is 1.88 bits per heavy atom. The molecule has 0 aliphatic carbocycles. The summed E-state index contributed by atoms with van der Waals surface area (Å²) in [6, 6.07) is 13.1. The maximum absolute atomic E-state index is 12.9. The van der Waals surface area contributed by atoms with E-state index in [9.17, 15) is 13.9 Å². The summed E-state index contributed by atoms with van der Waals surface area (Å²) in [7, 11) is 0. The predicted octanol–water partition coefficient (Wildman–Crippen LogP) is 3.03. The van der Waals surface area contributed by atoms with Crippen LogP contribution in [0.25, 0.3) is 5.65 Å². The van der Waals surface area contributed by atoms with Crippen molar-refractivity contribution in [1.29, 1.82) is 0 Å². The highest BCUT2D eigenvalue weighted by molar-refractivity contribution is 5.44. The molecule has 3 rings (SSSR count). The standard InChI is InChI=1S/C17H19F2N5O/c1-11(25)9-13(12-5-3-2-4-6-12)10-20-14-7-8-15-21-22-17(16(18)19)24(15)23-14/h2-8,11,13,16,25H,9-10H2,1H3,(H,20,23). The van der Waals surface area contributed by atoms with Gasteiger partial charge in [0.2, 0.25) is 5.82 Å². The molecule has 2 heterocycles. The molecule has 2 atom stereocenters. The van der Waals surface area contributed by atoms with Gasteiger partial charge in [0.25, 0.3) is 6.43 Å². The summed E-state index contributed by atoms with van der Waals surface area (Å²) < 4.78 is 26.9. The summed E-state index contributed by atoms with van der Waals surface area (Å²) in [5.41, 5.74) is 1.36. The topological polar surface area (TPSA) is 75.3 Å². The van der Waals surface area contributed by atoms with E-state index >= 15 is 0 Å². The number of aromatic nitrogens is 4. The highest BCUT2D eigenvalue weighted by atomic mass is 19.3. The molecule has 25 heavy (non-hydrogen) atoms. The molecular formula is C17H19F2N5O. The average Bonchev–Trinajstić information content (AvgIpc) is 3.02. The molecule has 1 aromatic carbocycles. The normalized spacial score (nSPS) is 14.0. The molecule has 0 fully saturated rings. The number of aliphatic hydroxyl groups is 1. The Bertz CT molecular complexity index is 822. The van der Waals surface area contributed by atoms with Crippen LogP contribution in [0.2, 0.25) is 0 Å². The first-order chi connectivity index (χ1) is 12.0. The summed E-state index contributed by atoms with van der Waals surface area (Å²) in [6.07, 6.45) is -2.62. The van der Waals surface area contributed by atoms with Crippen molar-refractivity contribution in [2.45, 2.75) is 31.8 Å². The lowest BCUT2D eigenvalue weighted by molar-refractivity contribution is 0.137. The van der Waals surface area contributed by atoms with Gasteiger partial charge in [-0.1, -0.05) is 30.3 Å². The first kappa shape index (κ1) is 17.2. The Labute approximate surface area is 143 Å². The van der Waals surface area contributed by atoms with Gasteiger partial charge in [-0.05, 0) is 31.0 Å². The molecule has 0 amide bonds. The van der Waals surface area contributed by atoms with Gasteiger partial charge in [0.1, 0.15) is 5.82 Å². The fraction of sp³-hybridized carbons (Fsp3) is 0.353. The number of alkyl halides is 2. The van der Waals surface area contributed by atoms with Crippen molar-refractivity contribution in [1.82, 2.24) is 19.8 Å². The SMILES string of the molecule is CC(O)CC(CNc1ccc2nnc(C(F)F)n2n1)c1ccccc1. The molecule has 2 aromatic heterocycles. The van der Waals surface area contributed by atoms with Crippen LogP contribution in [-0.4, -0.2) is 37.6 Å². The fourth-order valence-corrected chi connectivity index (χ4v) is 2.74. The summed E-state index contributed by atoms with van der Waals surface area (Å²) in [5, 5.41) is 24.2. The minimum atomic E-state index is -2.75. The maximum atomic E-state index is 12.9. The highest BCUT2D eigenvalue weighted by Crippen LogP contribution is 2.22. The average molecular weight is 347 g/mol. The van der Waals surface area contributed by atoms with E-state index in [-0.39, 0.29) is 11.6 Å². The fourth-order valence-electron chi connectivity index (χ4n) is 2.74. The van der Waals surface area contributed by atoms with Crippen molar-refractivity contribution in [3.05, 3.63) is 53.9 Å². The molecule has 2 unspecified atom stereocenters. The Morgan fingerprint density at radius 3 is 2.56 bits per heavy atom. The molecule has 0 bridgehead atoms. The summed E-state index contributed by atoms with van der Waals surface area (Å²) >= 11 is 0. The van der Waals surface area contributed by atoms with Gasteiger partial charge >= 0.3 is 0 Å². The maximum Gasteiger partial charge on any atom is 0.299 e. The lowest BCUT2D eigenvalue weighted by Crippen LogP contribution is -2.18. The molecule has 0 radical (unpaired) electrons. The van der Waals surface area contributed by atoms with Gasteiger partial charge in [0.15, 0.2) is 5.65 Å². The molecule has 6 nitrogen and oxygen atoms in total. The predicted molar refractivity (Wildman–Crippen MR) is 89.7 cm³/mol. The minimum absolute atomic E-state index is 0.0641. The number of fused-ring (bicyclic) bond motifs is 1. The molecule has 2 N–H and O–H groups in total. The van der Waals surface area contributed by atoms with Crippen LogP contribution in [0.1, 0.15) is 37.1 Å². The summed E-state index contributed by atoms with van der Waals surface area (Å²) in [4.78, 5) is 0. The number of anilines is 1. The van der Waals surface area contributed by atoms with Crippen LogP contribution in [0.3, 0.4) is 0 Å². The van der Waals surface area contributed by atoms with E-state index in [1.165, 1.54) is 0 Å². The van der Waals surface area contributed by atoms with Crippen LogP contribution < -0.4 is 5.32 Å². The van der Waals surface area contributed by atoms with Crippen LogP contribution in [0.5, 0.6) is 0 Å². The highest BCUT2D eigenvalue weighted by Gasteiger charge is 2.18. The van der Waals surface area contributed by atoms with Crippen LogP contribution in [-0.2, 0) is 0 Å². The Balaban J connectivity index is 1.78. The van der Waals surface area contributed by atoms with Crippen LogP contribution in [0, 0.1) is 0 Å². The Kier molecular flexibility index (Phi) is 5.18. The zero-order chi connectivity index (χ0) is 17.8. The van der Waals surface area contributed by atoms with Gasteiger partial charge in [-0.2, -0.15) is 4.52 Å². The van der Waals surface area contributed by atoms with E-state index in [0.29, 0.717) is 18.8 Å². The van der Waals surface area contributed by atoms with E-state index < -0.39 is 18.4 Å². The lowest BCUT2D eigenvalue weighted by atomic mass is 9.93. The van der Waals surface area contributed by atoms with Crippen LogP contribution in [0.4, 0.5) is 14.6 Å². The van der Waals surface area contributed by atoms with E-state index in [2.05, 4.69) is 20.6 Å². The van der Waals surface area contributed by atoms with Gasteiger partial charge in [0, 0.05) is 12.5 Å². The van der Waals surface area contributed by atoms with Gasteiger partial charge in [-0.15, -0.1) is 15.3 Å². The van der Waals surface area contributed by atoms with Crippen molar-refractivity contribution in [3.63, 3.8) is 0 Å². The molecule has 0 aliphatic rings. The smallest absolute Gasteiger partial charge is 0.299 e. The third-order valence-corrected chi connectivity index (χ3v) is 3.91. The number of aliphatic hydroxyl groups excluding tert-OH is 1. The van der Waals surface area contributed by atoms with Crippen molar-refractivity contribution in [2.24, 2.45) is 0 Å². The molecule has 3 aromatic rings. The van der Waals surface area contributed by atoms with Gasteiger partial charge in [0.05, 0.1) is 6.10 Å². The number of benzene rings is 1. The number of halogens is 2. The zero-order valence-electron chi connectivity index (χ0n) is 13.7. The van der Waals surface area contributed by atoms with Gasteiger partial charge in [-0.25, -0.2) is 8.78 Å². The van der Waals surface area contributed by atoms with Crippen molar-refractivity contribution >= 4 is 11.5 Å². The van der Waals surface area contributed by atoms with Crippen molar-refractivity contribution < 1.29 is 13.9 Å². The van der Waals surface area contributed by atoms with Crippen LogP contribution in [0.15, 0.2) is 42.5 Å². The van der Waals surface area contributed by atoms with Crippen molar-refractivity contribution in [2.75, 3.05) is 11.9 Å². The number of nitrogens with one attached hydrogen (secondary N) is 1. The molecule has 0 aliphatic heterocycles. The largest absolute Gasteiger partial charge is 0.393 e. The first-order valence-electron chi connectivity index (χ1n) is 8.02. The minimum Gasteiger partial charge on any atom is -0.393 e. The molecule has 0 spiro atoms.